The molecule has 0 fully saturated rings. The first-order chi connectivity index (χ1) is 14.1. The molecule has 2 aromatic rings. The summed E-state index contributed by atoms with van der Waals surface area (Å²) in [5.74, 6) is -0.394. The number of hydrogen-bond donors (Lipinski definition) is 1. The van der Waals surface area contributed by atoms with E-state index < -0.39 is 21.9 Å². The number of esters is 1. The van der Waals surface area contributed by atoms with E-state index in [9.17, 15) is 18.0 Å². The zero-order valence-corrected chi connectivity index (χ0v) is 19.2. The highest BCUT2D eigenvalue weighted by Gasteiger charge is 2.29. The number of thiophene rings is 1. The summed E-state index contributed by atoms with van der Waals surface area (Å²) in [6.07, 6.45) is 2.61. The normalized spacial score (nSPS) is 16.2. The number of fused-ring (bicyclic) bond motifs is 1. The molecule has 0 unspecified atom stereocenters. The van der Waals surface area contributed by atoms with E-state index in [2.05, 4.69) is 12.2 Å². The van der Waals surface area contributed by atoms with Gasteiger partial charge in [-0.3, -0.25) is 4.79 Å². The van der Waals surface area contributed by atoms with E-state index in [0.29, 0.717) is 16.5 Å². The molecule has 0 saturated heterocycles. The van der Waals surface area contributed by atoms with Crippen molar-refractivity contribution in [2.45, 2.75) is 38.0 Å². The van der Waals surface area contributed by atoms with Gasteiger partial charge in [0, 0.05) is 24.5 Å². The molecule has 7 nitrogen and oxygen atoms in total. The van der Waals surface area contributed by atoms with Crippen LogP contribution in [0.5, 0.6) is 0 Å². The molecule has 0 saturated carbocycles. The highest BCUT2D eigenvalue weighted by atomic mass is 32.2. The maximum atomic E-state index is 12.9. The van der Waals surface area contributed by atoms with E-state index in [-0.39, 0.29) is 17.1 Å². The number of anilines is 1. The van der Waals surface area contributed by atoms with Gasteiger partial charge in [0.2, 0.25) is 10.0 Å². The smallest absolute Gasteiger partial charge is 0.341 e. The second kappa shape index (κ2) is 8.87. The van der Waals surface area contributed by atoms with Crippen LogP contribution in [0.2, 0.25) is 0 Å². The van der Waals surface area contributed by atoms with Crippen LogP contribution in [0.1, 0.15) is 51.4 Å². The molecule has 162 valence electrons. The van der Waals surface area contributed by atoms with Crippen LogP contribution in [0, 0.1) is 5.92 Å². The Morgan fingerprint density at radius 3 is 2.70 bits per heavy atom. The van der Waals surface area contributed by atoms with Crippen molar-refractivity contribution in [2.75, 3.05) is 26.0 Å². The predicted octanol–water partition coefficient (Wildman–Crippen LogP) is 3.55. The fraction of sp³-hybridized carbons (Fsp3) is 0.429. The zero-order chi connectivity index (χ0) is 22.1. The van der Waals surface area contributed by atoms with Crippen molar-refractivity contribution in [3.63, 3.8) is 0 Å². The number of amides is 1. The average molecular weight is 451 g/mol. The molecule has 1 heterocycles. The van der Waals surface area contributed by atoms with Crippen LogP contribution in [-0.4, -0.2) is 45.3 Å². The molecule has 0 spiro atoms. The number of carbonyl (C=O) groups excluding carboxylic acids is 2. The predicted molar refractivity (Wildman–Crippen MR) is 117 cm³/mol. The maximum Gasteiger partial charge on any atom is 0.341 e. The van der Waals surface area contributed by atoms with Crippen LogP contribution >= 0.6 is 11.3 Å². The Bertz CT molecular complexity index is 1070. The number of benzene rings is 1. The van der Waals surface area contributed by atoms with Crippen molar-refractivity contribution >= 4 is 38.2 Å². The van der Waals surface area contributed by atoms with Gasteiger partial charge in [0.05, 0.1) is 17.1 Å². The van der Waals surface area contributed by atoms with Crippen LogP contribution in [0.3, 0.4) is 0 Å². The van der Waals surface area contributed by atoms with Gasteiger partial charge in [-0.25, -0.2) is 17.5 Å². The van der Waals surface area contributed by atoms with Gasteiger partial charge in [-0.2, -0.15) is 0 Å². The Kier molecular flexibility index (Phi) is 6.64. The van der Waals surface area contributed by atoms with Gasteiger partial charge in [-0.15, -0.1) is 11.3 Å². The Hall–Kier alpha value is -2.23. The summed E-state index contributed by atoms with van der Waals surface area (Å²) in [7, 11) is -0.791. The van der Waals surface area contributed by atoms with Gasteiger partial charge < -0.3 is 10.1 Å². The van der Waals surface area contributed by atoms with Crippen molar-refractivity contribution in [2.24, 2.45) is 5.92 Å². The minimum atomic E-state index is -3.66. The van der Waals surface area contributed by atoms with E-state index in [1.54, 1.807) is 13.0 Å². The van der Waals surface area contributed by atoms with E-state index >= 15 is 0 Å². The number of nitrogens with zero attached hydrogens (tertiary/aromatic N) is 1. The summed E-state index contributed by atoms with van der Waals surface area (Å²) in [5.41, 5.74) is 1.58. The zero-order valence-electron chi connectivity index (χ0n) is 17.5. The summed E-state index contributed by atoms with van der Waals surface area (Å²) >= 11 is 1.40. The number of nitrogens with one attached hydrogen (secondary N) is 1. The summed E-state index contributed by atoms with van der Waals surface area (Å²) in [6, 6.07) is 5.86. The molecule has 1 N–H and O–H groups in total. The summed E-state index contributed by atoms with van der Waals surface area (Å²) in [5, 5.41) is 3.27. The van der Waals surface area contributed by atoms with Gasteiger partial charge in [0.1, 0.15) is 5.00 Å². The highest BCUT2D eigenvalue weighted by Crippen LogP contribution is 2.40. The lowest BCUT2D eigenvalue weighted by Gasteiger charge is -2.18. The number of hydrogen-bond acceptors (Lipinski definition) is 6. The molecular formula is C21H26N2O5S2. The molecule has 1 atom stereocenters. The lowest BCUT2D eigenvalue weighted by molar-refractivity contribution is 0.0526. The largest absolute Gasteiger partial charge is 0.462 e. The summed E-state index contributed by atoms with van der Waals surface area (Å²) in [6.45, 7) is 4.16. The molecule has 0 aliphatic heterocycles. The minimum absolute atomic E-state index is 0.0325. The van der Waals surface area contributed by atoms with E-state index in [1.807, 2.05) is 0 Å². The molecule has 3 rings (SSSR count). The highest BCUT2D eigenvalue weighted by molar-refractivity contribution is 7.89. The van der Waals surface area contributed by atoms with Crippen molar-refractivity contribution in [3.8, 4) is 0 Å². The van der Waals surface area contributed by atoms with Crippen LogP contribution in [0.4, 0.5) is 5.00 Å². The van der Waals surface area contributed by atoms with Gasteiger partial charge in [-0.1, -0.05) is 13.0 Å². The number of carbonyl (C=O) groups is 2. The lowest BCUT2D eigenvalue weighted by Crippen LogP contribution is -2.23. The molecular weight excluding hydrogens is 424 g/mol. The Morgan fingerprint density at radius 2 is 2.03 bits per heavy atom. The molecule has 1 aromatic heterocycles. The summed E-state index contributed by atoms with van der Waals surface area (Å²) < 4.78 is 31.1. The Morgan fingerprint density at radius 1 is 1.30 bits per heavy atom. The molecule has 1 aliphatic carbocycles. The van der Waals surface area contributed by atoms with Crippen molar-refractivity contribution in [3.05, 3.63) is 45.8 Å². The van der Waals surface area contributed by atoms with E-state index in [1.165, 1.54) is 43.6 Å². The van der Waals surface area contributed by atoms with Crippen molar-refractivity contribution < 1.29 is 22.7 Å². The standard InChI is InChI=1S/C21H26N2O5S2/c1-5-28-21(25)18-16-10-9-13(2)11-17(16)29-20(18)22-19(24)14-7-6-8-15(12-14)30(26,27)23(3)4/h6-8,12-13H,5,9-11H2,1-4H3,(H,22,24)/t13-/m0/s1. The molecule has 0 radical (unpaired) electrons. The average Bonchev–Trinajstić information content (AvgIpc) is 3.04. The topological polar surface area (TPSA) is 92.8 Å². The Labute approximate surface area is 181 Å². The molecule has 1 aliphatic rings. The van der Waals surface area contributed by atoms with Gasteiger partial charge in [0.25, 0.3) is 5.91 Å². The van der Waals surface area contributed by atoms with E-state index in [4.69, 9.17) is 4.74 Å². The van der Waals surface area contributed by atoms with Crippen LogP contribution in [-0.2, 0) is 27.6 Å². The second-order valence-electron chi connectivity index (χ2n) is 7.55. The monoisotopic (exact) mass is 450 g/mol. The fourth-order valence-corrected chi connectivity index (χ4v) is 5.78. The molecule has 0 bridgehead atoms. The quantitative estimate of drug-likeness (QED) is 0.680. The van der Waals surface area contributed by atoms with Gasteiger partial charge in [0.15, 0.2) is 0 Å². The van der Waals surface area contributed by atoms with Crippen LogP contribution in [0.25, 0.3) is 0 Å². The van der Waals surface area contributed by atoms with Gasteiger partial charge in [-0.05, 0) is 55.9 Å². The summed E-state index contributed by atoms with van der Waals surface area (Å²) in [4.78, 5) is 26.6. The molecule has 1 amide bonds. The molecule has 9 heteroatoms. The lowest BCUT2D eigenvalue weighted by atomic mass is 9.88. The number of sulfonamides is 1. The SMILES string of the molecule is CCOC(=O)c1c(NC(=O)c2cccc(S(=O)(=O)N(C)C)c2)sc2c1CC[C@H](C)C2. The third-order valence-electron chi connectivity index (χ3n) is 5.09. The van der Waals surface area contributed by atoms with Crippen LogP contribution < -0.4 is 5.32 Å². The third-order valence-corrected chi connectivity index (χ3v) is 8.07. The molecule has 30 heavy (non-hydrogen) atoms. The van der Waals surface area contributed by atoms with Crippen molar-refractivity contribution in [1.82, 2.24) is 4.31 Å². The Balaban J connectivity index is 1.95. The molecule has 1 aromatic carbocycles. The first kappa shape index (κ1) is 22.5. The third kappa shape index (κ3) is 4.43. The first-order valence-corrected chi connectivity index (χ1v) is 12.1. The fourth-order valence-electron chi connectivity index (χ4n) is 3.44. The number of rotatable bonds is 6. The van der Waals surface area contributed by atoms with Crippen molar-refractivity contribution in [1.29, 1.82) is 0 Å². The maximum absolute atomic E-state index is 12.9. The second-order valence-corrected chi connectivity index (χ2v) is 10.8. The van der Waals surface area contributed by atoms with Gasteiger partial charge >= 0.3 is 5.97 Å². The van der Waals surface area contributed by atoms with Crippen LogP contribution in [0.15, 0.2) is 29.2 Å². The minimum Gasteiger partial charge on any atom is -0.462 e. The number of ether oxygens (including phenoxy) is 1. The van der Waals surface area contributed by atoms with E-state index in [0.717, 1.165) is 34.0 Å². The first-order valence-electron chi connectivity index (χ1n) is 9.80.